The third-order valence-corrected chi connectivity index (χ3v) is 2.44. The van der Waals surface area contributed by atoms with Gasteiger partial charge in [-0.1, -0.05) is 30.3 Å². The first-order chi connectivity index (χ1) is 8.97. The summed E-state index contributed by atoms with van der Waals surface area (Å²) in [5.41, 5.74) is 17.2. The van der Waals surface area contributed by atoms with Crippen LogP contribution in [0.2, 0.25) is 0 Å². The average molecular weight is 267 g/mol. The van der Waals surface area contributed by atoms with Gasteiger partial charge in [-0.25, -0.2) is 0 Å². The molecule has 1 aromatic carbocycles. The molecule has 1 aromatic rings. The van der Waals surface area contributed by atoms with E-state index >= 15 is 0 Å². The van der Waals surface area contributed by atoms with Gasteiger partial charge in [-0.05, 0) is 38.3 Å². The van der Waals surface area contributed by atoms with Crippen molar-refractivity contribution in [3.63, 3.8) is 0 Å². The van der Waals surface area contributed by atoms with E-state index in [-0.39, 0.29) is 6.04 Å². The van der Waals surface area contributed by atoms with Gasteiger partial charge in [-0.3, -0.25) is 4.79 Å². The summed E-state index contributed by atoms with van der Waals surface area (Å²) in [5, 5.41) is 8.24. The third kappa shape index (κ3) is 10.2. The van der Waals surface area contributed by atoms with Crippen LogP contribution < -0.4 is 17.2 Å². The van der Waals surface area contributed by atoms with Gasteiger partial charge in [0.25, 0.3) is 0 Å². The lowest BCUT2D eigenvalue weighted by Gasteiger charge is -2.02. The Bertz CT molecular complexity index is 342. The van der Waals surface area contributed by atoms with Gasteiger partial charge >= 0.3 is 5.97 Å². The number of aliphatic carboxylic acids is 1. The lowest BCUT2D eigenvalue weighted by molar-refractivity contribution is -0.138. The minimum Gasteiger partial charge on any atom is -0.480 e. The summed E-state index contributed by atoms with van der Waals surface area (Å²) in [4.78, 5) is 10.0. The molecule has 0 aliphatic carbocycles. The van der Waals surface area contributed by atoms with E-state index in [1.165, 1.54) is 5.56 Å². The van der Waals surface area contributed by atoms with Gasteiger partial charge in [-0.15, -0.1) is 0 Å². The van der Waals surface area contributed by atoms with Gasteiger partial charge < -0.3 is 22.3 Å². The summed E-state index contributed by atoms with van der Waals surface area (Å²) in [6.07, 6.45) is 2.11. The number of carboxylic acids is 1. The highest BCUT2D eigenvalue weighted by Gasteiger charge is 2.08. The molecule has 0 heterocycles. The van der Waals surface area contributed by atoms with E-state index in [0.717, 1.165) is 6.42 Å². The Kier molecular flexibility index (Phi) is 9.70. The van der Waals surface area contributed by atoms with Crippen molar-refractivity contribution in [2.45, 2.75) is 38.3 Å². The van der Waals surface area contributed by atoms with E-state index in [2.05, 4.69) is 12.1 Å². The number of benzene rings is 1. The maximum atomic E-state index is 10.0. The van der Waals surface area contributed by atoms with Crippen LogP contribution in [0.25, 0.3) is 0 Å². The Hall–Kier alpha value is -1.43. The van der Waals surface area contributed by atoms with Crippen molar-refractivity contribution >= 4 is 5.97 Å². The Morgan fingerprint density at radius 3 is 2.26 bits per heavy atom. The highest BCUT2D eigenvalue weighted by atomic mass is 16.4. The summed E-state index contributed by atoms with van der Waals surface area (Å²) in [7, 11) is 0. The molecule has 0 aliphatic heterocycles. The molecule has 0 bridgehead atoms. The molecule has 0 amide bonds. The maximum absolute atomic E-state index is 10.0. The molecule has 2 unspecified atom stereocenters. The third-order valence-electron chi connectivity index (χ3n) is 2.44. The van der Waals surface area contributed by atoms with Gasteiger partial charge in [0.05, 0.1) is 0 Å². The van der Waals surface area contributed by atoms with Crippen LogP contribution in [-0.2, 0) is 11.2 Å². The van der Waals surface area contributed by atoms with Crippen LogP contribution >= 0.6 is 0 Å². The molecule has 0 aromatic heterocycles. The largest absolute Gasteiger partial charge is 0.480 e. The van der Waals surface area contributed by atoms with E-state index < -0.39 is 12.0 Å². The van der Waals surface area contributed by atoms with E-state index in [1.54, 1.807) is 0 Å². The summed E-state index contributed by atoms with van der Waals surface area (Å²) >= 11 is 0. The molecule has 1 rings (SSSR count). The smallest absolute Gasteiger partial charge is 0.320 e. The fraction of sp³-hybridized carbons (Fsp3) is 0.500. The van der Waals surface area contributed by atoms with Crippen molar-refractivity contribution in [2.75, 3.05) is 6.54 Å². The number of hydrogen-bond donors (Lipinski definition) is 4. The van der Waals surface area contributed by atoms with E-state index in [4.69, 9.17) is 22.3 Å². The average Bonchev–Trinajstić information content (AvgIpc) is 2.37. The van der Waals surface area contributed by atoms with Crippen molar-refractivity contribution in [2.24, 2.45) is 17.2 Å². The molecule has 0 radical (unpaired) electrons. The summed E-state index contributed by atoms with van der Waals surface area (Å²) in [6, 6.07) is 9.82. The Balaban J connectivity index is 0.000000344. The predicted molar refractivity (Wildman–Crippen MR) is 77.7 cm³/mol. The second-order valence-corrected chi connectivity index (χ2v) is 4.54. The maximum Gasteiger partial charge on any atom is 0.320 e. The fourth-order valence-corrected chi connectivity index (χ4v) is 1.45. The predicted octanol–water partition coefficient (Wildman–Crippen LogP) is 0.714. The molecule has 0 saturated carbocycles. The van der Waals surface area contributed by atoms with Crippen LogP contribution in [0, 0.1) is 0 Å². The van der Waals surface area contributed by atoms with Crippen LogP contribution in [0.5, 0.6) is 0 Å². The number of hydrogen-bond acceptors (Lipinski definition) is 4. The van der Waals surface area contributed by atoms with Crippen LogP contribution in [-0.4, -0.2) is 29.7 Å². The Morgan fingerprint density at radius 1 is 1.26 bits per heavy atom. The molecule has 19 heavy (non-hydrogen) atoms. The molecule has 2 atom stereocenters. The molecule has 0 spiro atoms. The quantitative estimate of drug-likeness (QED) is 0.606. The summed E-state index contributed by atoms with van der Waals surface area (Å²) < 4.78 is 0. The lowest BCUT2D eigenvalue weighted by Crippen LogP contribution is -2.30. The fourth-order valence-electron chi connectivity index (χ4n) is 1.45. The van der Waals surface area contributed by atoms with E-state index in [0.29, 0.717) is 19.4 Å². The van der Waals surface area contributed by atoms with Gasteiger partial charge in [0, 0.05) is 6.04 Å². The van der Waals surface area contributed by atoms with Crippen LogP contribution in [0.1, 0.15) is 25.3 Å². The highest BCUT2D eigenvalue weighted by molar-refractivity contribution is 5.72. The van der Waals surface area contributed by atoms with Gasteiger partial charge in [0.15, 0.2) is 0 Å². The van der Waals surface area contributed by atoms with Crippen LogP contribution in [0.15, 0.2) is 30.3 Å². The number of rotatable bonds is 6. The van der Waals surface area contributed by atoms with Gasteiger partial charge in [0.1, 0.15) is 6.04 Å². The minimum absolute atomic E-state index is 0.266. The minimum atomic E-state index is -0.955. The van der Waals surface area contributed by atoms with Crippen molar-refractivity contribution in [1.82, 2.24) is 0 Å². The molecule has 0 saturated heterocycles. The molecule has 5 nitrogen and oxygen atoms in total. The first-order valence-corrected chi connectivity index (χ1v) is 6.45. The van der Waals surface area contributed by atoms with Crippen molar-refractivity contribution < 1.29 is 9.90 Å². The molecular formula is C14H25N3O2. The normalized spacial score (nSPS) is 13.1. The topological polar surface area (TPSA) is 115 Å². The second-order valence-electron chi connectivity index (χ2n) is 4.54. The zero-order valence-corrected chi connectivity index (χ0v) is 11.5. The summed E-state index contributed by atoms with van der Waals surface area (Å²) in [6.45, 7) is 2.52. The number of nitrogens with two attached hydrogens (primary N) is 3. The lowest BCUT2D eigenvalue weighted by atomic mass is 10.1. The first-order valence-electron chi connectivity index (χ1n) is 6.45. The van der Waals surface area contributed by atoms with E-state index in [1.807, 2.05) is 25.1 Å². The summed E-state index contributed by atoms with van der Waals surface area (Å²) in [5.74, 6) is -0.955. The molecule has 0 aliphatic rings. The Morgan fingerprint density at radius 2 is 1.84 bits per heavy atom. The molecule has 5 heteroatoms. The molecular weight excluding hydrogens is 242 g/mol. The zero-order chi connectivity index (χ0) is 14.7. The van der Waals surface area contributed by atoms with Gasteiger partial charge in [-0.2, -0.15) is 0 Å². The van der Waals surface area contributed by atoms with Crippen LogP contribution in [0.4, 0.5) is 0 Å². The Labute approximate surface area is 114 Å². The van der Waals surface area contributed by atoms with Crippen LogP contribution in [0.3, 0.4) is 0 Å². The highest BCUT2D eigenvalue weighted by Crippen LogP contribution is 2.00. The second kappa shape index (κ2) is 10.5. The van der Waals surface area contributed by atoms with Crippen molar-refractivity contribution in [1.29, 1.82) is 0 Å². The first kappa shape index (κ1) is 17.6. The van der Waals surface area contributed by atoms with E-state index in [9.17, 15) is 4.79 Å². The van der Waals surface area contributed by atoms with Gasteiger partial charge in [0.2, 0.25) is 0 Å². The number of carbonyl (C=O) groups is 1. The zero-order valence-electron chi connectivity index (χ0n) is 11.5. The molecule has 7 N–H and O–H groups in total. The standard InChI is InChI=1S/C9H13N.C5H12N2O2/c1-8(10)7-9-5-3-2-4-6-9;6-3-1-2-4(7)5(8)9/h2-6,8H,7,10H2,1H3;4H,1-3,6-7H2,(H,8,9). The monoisotopic (exact) mass is 267 g/mol. The molecule has 108 valence electrons. The SMILES string of the molecule is CC(N)Cc1ccccc1.NCCCC(N)C(=O)O. The number of carboxylic acid groups (broad SMARTS) is 1. The van der Waals surface area contributed by atoms with Crippen molar-refractivity contribution in [3.05, 3.63) is 35.9 Å². The van der Waals surface area contributed by atoms with Crippen molar-refractivity contribution in [3.8, 4) is 0 Å². The molecule has 0 fully saturated rings.